The average molecular weight is 395 g/mol. The first-order chi connectivity index (χ1) is 12.1. The lowest BCUT2D eigenvalue weighted by Crippen LogP contribution is -2.39. The van der Waals surface area contributed by atoms with Gasteiger partial charge in [-0.05, 0) is 17.2 Å². The smallest absolute Gasteiger partial charge is 0.313 e. The minimum atomic E-state index is -0.651. The fraction of sp³-hybridized carbons (Fsp3) is 0.214. The molecule has 0 spiro atoms. The van der Waals surface area contributed by atoms with Crippen molar-refractivity contribution >= 4 is 45.5 Å². The fourth-order valence-electron chi connectivity index (χ4n) is 1.98. The van der Waals surface area contributed by atoms with Crippen LogP contribution in [0, 0.1) is 0 Å². The molecule has 0 aliphatic carbocycles. The van der Waals surface area contributed by atoms with E-state index in [0.717, 1.165) is 25.7 Å². The number of aromatic nitrogens is 4. The van der Waals surface area contributed by atoms with Gasteiger partial charge in [0.1, 0.15) is 5.56 Å². The summed E-state index contributed by atoms with van der Waals surface area (Å²) in [4.78, 5) is 40.1. The van der Waals surface area contributed by atoms with Gasteiger partial charge in [-0.1, -0.05) is 36.1 Å². The van der Waals surface area contributed by atoms with Crippen LogP contribution in [0.1, 0.15) is 22.2 Å². The molecule has 3 heterocycles. The lowest BCUT2D eigenvalue weighted by atomic mass is 10.3. The molecule has 0 aliphatic heterocycles. The first kappa shape index (κ1) is 17.6. The molecule has 1 amide bonds. The predicted molar refractivity (Wildman–Crippen MR) is 99.0 cm³/mol. The molecule has 0 bridgehead atoms. The van der Waals surface area contributed by atoms with Crippen molar-refractivity contribution in [2.45, 2.75) is 17.8 Å². The van der Waals surface area contributed by atoms with Crippen molar-refractivity contribution in [3.8, 4) is 0 Å². The summed E-state index contributed by atoms with van der Waals surface area (Å²) in [6.07, 6.45) is 1.12. The van der Waals surface area contributed by atoms with E-state index < -0.39 is 17.2 Å². The second-order valence-electron chi connectivity index (χ2n) is 4.74. The highest BCUT2D eigenvalue weighted by Crippen LogP contribution is 2.25. The number of carbonyl (C=O) groups is 1. The number of nitrogens with one attached hydrogen (secondary N) is 2. The molecule has 130 valence electrons. The fourth-order valence-corrected chi connectivity index (χ4v) is 4.32. The molecule has 0 saturated carbocycles. The van der Waals surface area contributed by atoms with E-state index in [1.807, 2.05) is 24.4 Å². The van der Waals surface area contributed by atoms with Crippen LogP contribution in [0.25, 0.3) is 0 Å². The van der Waals surface area contributed by atoms with Crippen molar-refractivity contribution < 1.29 is 4.79 Å². The molecule has 0 aromatic carbocycles. The Morgan fingerprint density at radius 1 is 1.40 bits per heavy atom. The molecule has 0 radical (unpaired) electrons. The third kappa shape index (κ3) is 4.06. The SMILES string of the molecule is CCSc1nnc(NC(=O)c2c[nH]c(=O)n(Cc3cccs3)c2=O)s1. The van der Waals surface area contributed by atoms with Crippen LogP contribution in [0.5, 0.6) is 0 Å². The van der Waals surface area contributed by atoms with E-state index in [9.17, 15) is 14.4 Å². The lowest BCUT2D eigenvalue weighted by Gasteiger charge is -2.05. The average Bonchev–Trinajstić information content (AvgIpc) is 3.24. The Bertz CT molecular complexity index is 990. The zero-order valence-corrected chi connectivity index (χ0v) is 15.5. The van der Waals surface area contributed by atoms with E-state index >= 15 is 0 Å². The maximum atomic E-state index is 12.5. The predicted octanol–water partition coefficient (Wildman–Crippen LogP) is 1.86. The number of carbonyl (C=O) groups excluding carboxylic acids is 1. The maximum Gasteiger partial charge on any atom is 0.328 e. The van der Waals surface area contributed by atoms with Gasteiger partial charge in [0.25, 0.3) is 11.5 Å². The zero-order chi connectivity index (χ0) is 17.8. The number of hydrogen-bond donors (Lipinski definition) is 2. The molecular formula is C14H13N5O3S3. The number of amides is 1. The Morgan fingerprint density at radius 2 is 2.24 bits per heavy atom. The highest BCUT2D eigenvalue weighted by molar-refractivity contribution is 8.01. The van der Waals surface area contributed by atoms with E-state index in [4.69, 9.17) is 0 Å². The number of thiophene rings is 1. The number of H-pyrrole nitrogens is 1. The van der Waals surface area contributed by atoms with E-state index in [2.05, 4.69) is 20.5 Å². The van der Waals surface area contributed by atoms with Crippen LogP contribution in [-0.2, 0) is 6.54 Å². The van der Waals surface area contributed by atoms with Crippen LogP contribution in [0.4, 0.5) is 5.13 Å². The first-order valence-corrected chi connectivity index (χ1v) is 9.89. The summed E-state index contributed by atoms with van der Waals surface area (Å²) in [5, 5.41) is 12.5. The molecule has 3 rings (SSSR count). The van der Waals surface area contributed by atoms with E-state index in [-0.39, 0.29) is 12.1 Å². The third-order valence-corrected chi connectivity index (χ3v) is 5.81. The van der Waals surface area contributed by atoms with Crippen LogP contribution < -0.4 is 16.6 Å². The number of anilines is 1. The Balaban J connectivity index is 1.85. The van der Waals surface area contributed by atoms with Gasteiger partial charge in [-0.3, -0.25) is 19.5 Å². The van der Waals surface area contributed by atoms with Crippen molar-refractivity contribution in [3.63, 3.8) is 0 Å². The summed E-state index contributed by atoms with van der Waals surface area (Å²) >= 11 is 4.16. The van der Waals surface area contributed by atoms with Gasteiger partial charge in [-0.15, -0.1) is 21.5 Å². The van der Waals surface area contributed by atoms with Crippen LogP contribution >= 0.6 is 34.4 Å². The van der Waals surface area contributed by atoms with Crippen molar-refractivity contribution in [2.75, 3.05) is 11.1 Å². The van der Waals surface area contributed by atoms with Crippen LogP contribution in [0.3, 0.4) is 0 Å². The molecule has 0 atom stereocenters. The first-order valence-electron chi connectivity index (χ1n) is 7.21. The normalized spacial score (nSPS) is 10.8. The molecule has 0 aliphatic rings. The van der Waals surface area contributed by atoms with E-state index in [1.165, 1.54) is 34.4 Å². The summed E-state index contributed by atoms with van der Waals surface area (Å²) in [5.41, 5.74) is -1.37. The minimum Gasteiger partial charge on any atom is -0.313 e. The molecule has 0 saturated heterocycles. The highest BCUT2D eigenvalue weighted by atomic mass is 32.2. The Morgan fingerprint density at radius 3 is 2.96 bits per heavy atom. The second kappa shape index (κ2) is 7.76. The van der Waals surface area contributed by atoms with Crippen molar-refractivity contribution in [1.82, 2.24) is 19.7 Å². The van der Waals surface area contributed by atoms with Gasteiger partial charge < -0.3 is 4.98 Å². The molecule has 25 heavy (non-hydrogen) atoms. The summed E-state index contributed by atoms with van der Waals surface area (Å²) in [6, 6.07) is 3.65. The van der Waals surface area contributed by atoms with Gasteiger partial charge in [0, 0.05) is 11.1 Å². The van der Waals surface area contributed by atoms with Gasteiger partial charge in [0.15, 0.2) is 4.34 Å². The summed E-state index contributed by atoms with van der Waals surface area (Å²) in [5.74, 6) is 0.209. The van der Waals surface area contributed by atoms with Crippen molar-refractivity contribution in [1.29, 1.82) is 0 Å². The minimum absolute atomic E-state index is 0.114. The quantitative estimate of drug-likeness (QED) is 0.487. The van der Waals surface area contributed by atoms with Gasteiger partial charge in [-0.25, -0.2) is 4.79 Å². The number of rotatable bonds is 6. The summed E-state index contributed by atoms with van der Waals surface area (Å²) in [6.45, 7) is 2.10. The van der Waals surface area contributed by atoms with Crippen molar-refractivity contribution in [3.05, 3.63) is 55.0 Å². The largest absolute Gasteiger partial charge is 0.328 e. The summed E-state index contributed by atoms with van der Waals surface area (Å²) in [7, 11) is 0. The van der Waals surface area contributed by atoms with Crippen LogP contribution in [0.2, 0.25) is 0 Å². The van der Waals surface area contributed by atoms with E-state index in [0.29, 0.717) is 5.13 Å². The highest BCUT2D eigenvalue weighted by Gasteiger charge is 2.17. The lowest BCUT2D eigenvalue weighted by molar-refractivity contribution is 0.102. The molecule has 11 heteroatoms. The van der Waals surface area contributed by atoms with Gasteiger partial charge in [0.05, 0.1) is 6.54 Å². The standard InChI is InChI=1S/C14H13N5O3S3/c1-2-23-14-18-17-12(25-14)16-10(20)9-6-15-13(22)19(11(9)21)7-8-4-3-5-24-8/h3-6H,2,7H2,1H3,(H,15,22)(H,16,17,20). The summed E-state index contributed by atoms with van der Waals surface area (Å²) < 4.78 is 1.73. The van der Waals surface area contributed by atoms with Gasteiger partial charge in [0.2, 0.25) is 5.13 Å². The maximum absolute atomic E-state index is 12.5. The number of hydrogen-bond acceptors (Lipinski definition) is 8. The number of thioether (sulfide) groups is 1. The molecular weight excluding hydrogens is 382 g/mol. The van der Waals surface area contributed by atoms with Crippen LogP contribution in [-0.4, -0.2) is 31.4 Å². The zero-order valence-electron chi connectivity index (χ0n) is 13.0. The molecule has 0 fully saturated rings. The molecule has 3 aromatic heterocycles. The Hall–Kier alpha value is -2.24. The van der Waals surface area contributed by atoms with Crippen molar-refractivity contribution in [2.24, 2.45) is 0 Å². The molecule has 3 aromatic rings. The van der Waals surface area contributed by atoms with Gasteiger partial charge >= 0.3 is 5.69 Å². The van der Waals surface area contributed by atoms with E-state index in [1.54, 1.807) is 0 Å². The third-order valence-electron chi connectivity index (χ3n) is 3.09. The Kier molecular flexibility index (Phi) is 5.46. The molecule has 2 N–H and O–H groups in total. The van der Waals surface area contributed by atoms with Crippen LogP contribution in [0.15, 0.2) is 37.6 Å². The number of nitrogens with zero attached hydrogens (tertiary/aromatic N) is 3. The molecule has 0 unspecified atom stereocenters. The number of aromatic amines is 1. The molecule has 8 nitrogen and oxygen atoms in total. The topological polar surface area (TPSA) is 110 Å². The Labute approximate surface area is 154 Å². The van der Waals surface area contributed by atoms with Gasteiger partial charge in [-0.2, -0.15) is 0 Å². The monoisotopic (exact) mass is 395 g/mol. The second-order valence-corrected chi connectivity index (χ2v) is 8.26.